The SMILES string of the molecule is [Cu+2].[O-]c1ccccc1C=NC(c1ccccc1)c1ccccc1.[O-]c1ccccc1C=NC(c1ccccc1)c1ccccc1. The molecule has 0 spiro atoms. The smallest absolute Gasteiger partial charge is 0.872 e. The molecule has 0 N–H and O–H groups in total. The van der Waals surface area contributed by atoms with Gasteiger partial charge in [-0.05, 0) is 33.4 Å². The van der Waals surface area contributed by atoms with E-state index in [1.807, 2.05) is 84.9 Å². The van der Waals surface area contributed by atoms with E-state index in [2.05, 4.69) is 58.5 Å². The van der Waals surface area contributed by atoms with Crippen molar-refractivity contribution < 1.29 is 27.3 Å². The van der Waals surface area contributed by atoms with Crippen molar-refractivity contribution in [3.8, 4) is 11.5 Å². The van der Waals surface area contributed by atoms with Crippen LogP contribution < -0.4 is 10.2 Å². The minimum Gasteiger partial charge on any atom is -0.872 e. The molecule has 0 amide bonds. The summed E-state index contributed by atoms with van der Waals surface area (Å²) in [6.45, 7) is 0. The number of benzene rings is 6. The maximum absolute atomic E-state index is 11.8. The zero-order valence-electron chi connectivity index (χ0n) is 24.5. The van der Waals surface area contributed by atoms with Crippen LogP contribution in [0.25, 0.3) is 0 Å². The molecular weight excluding hydrogens is 604 g/mol. The molecule has 5 heteroatoms. The van der Waals surface area contributed by atoms with Crippen molar-refractivity contribution in [3.63, 3.8) is 0 Å². The van der Waals surface area contributed by atoms with Gasteiger partial charge in [0, 0.05) is 12.4 Å². The fourth-order valence-corrected chi connectivity index (χ4v) is 4.75. The molecule has 225 valence electrons. The summed E-state index contributed by atoms with van der Waals surface area (Å²) in [7, 11) is 0. The van der Waals surface area contributed by atoms with E-state index in [4.69, 9.17) is 0 Å². The summed E-state index contributed by atoms with van der Waals surface area (Å²) < 4.78 is 0. The second-order valence-corrected chi connectivity index (χ2v) is 10.1. The Morgan fingerprint density at radius 1 is 0.356 bits per heavy atom. The normalized spacial score (nSPS) is 10.9. The fourth-order valence-electron chi connectivity index (χ4n) is 4.75. The standard InChI is InChI=1S/2C20H17NO.Cu/c2*22-19-14-8-7-13-18(19)15-21-20(16-9-3-1-4-10-16)17-11-5-2-6-12-17;/h2*1-15,20,22H;/q;;+2/p-2. The van der Waals surface area contributed by atoms with E-state index in [0.717, 1.165) is 22.3 Å². The second-order valence-electron chi connectivity index (χ2n) is 10.1. The van der Waals surface area contributed by atoms with Crippen LogP contribution in [0.4, 0.5) is 0 Å². The summed E-state index contributed by atoms with van der Waals surface area (Å²) >= 11 is 0. The predicted octanol–water partition coefficient (Wildman–Crippen LogP) is 7.93. The molecule has 6 aromatic carbocycles. The van der Waals surface area contributed by atoms with Crippen molar-refractivity contribution in [2.45, 2.75) is 12.1 Å². The van der Waals surface area contributed by atoms with Crippen molar-refractivity contribution in [2.24, 2.45) is 9.98 Å². The van der Waals surface area contributed by atoms with Gasteiger partial charge in [-0.2, -0.15) is 0 Å². The fraction of sp³-hybridized carbons (Fsp3) is 0.0500. The minimum absolute atomic E-state index is 0. The van der Waals surface area contributed by atoms with Gasteiger partial charge in [0.1, 0.15) is 0 Å². The van der Waals surface area contributed by atoms with Crippen LogP contribution in [0.3, 0.4) is 0 Å². The molecule has 0 fully saturated rings. The first-order valence-electron chi connectivity index (χ1n) is 14.5. The van der Waals surface area contributed by atoms with Crippen LogP contribution in [-0.2, 0) is 17.1 Å². The van der Waals surface area contributed by atoms with Gasteiger partial charge in [0.05, 0.1) is 12.1 Å². The van der Waals surface area contributed by atoms with Crippen LogP contribution in [0.15, 0.2) is 180 Å². The van der Waals surface area contributed by atoms with Crippen LogP contribution in [0, 0.1) is 0 Å². The third kappa shape index (κ3) is 9.38. The van der Waals surface area contributed by atoms with E-state index in [1.165, 1.54) is 0 Å². The quantitative estimate of drug-likeness (QED) is 0.126. The van der Waals surface area contributed by atoms with E-state index in [0.29, 0.717) is 11.1 Å². The summed E-state index contributed by atoms with van der Waals surface area (Å²) in [5.74, 6) is -0.0164. The van der Waals surface area contributed by atoms with Crippen molar-refractivity contribution in [2.75, 3.05) is 0 Å². The first kappa shape index (κ1) is 32.7. The Labute approximate surface area is 275 Å². The molecule has 6 rings (SSSR count). The third-order valence-corrected chi connectivity index (χ3v) is 7.02. The zero-order chi connectivity index (χ0) is 30.4. The average Bonchev–Trinajstić information content (AvgIpc) is 3.09. The number of hydrogen-bond donors (Lipinski definition) is 0. The van der Waals surface area contributed by atoms with Gasteiger partial charge in [0.25, 0.3) is 0 Å². The Morgan fingerprint density at radius 3 is 0.867 bits per heavy atom. The van der Waals surface area contributed by atoms with Gasteiger partial charge in [0.2, 0.25) is 0 Å². The third-order valence-electron chi connectivity index (χ3n) is 7.02. The molecule has 1 radical (unpaired) electrons. The van der Waals surface area contributed by atoms with Gasteiger partial charge in [-0.3, -0.25) is 9.98 Å². The van der Waals surface area contributed by atoms with E-state index in [9.17, 15) is 10.2 Å². The van der Waals surface area contributed by atoms with E-state index in [1.54, 1.807) is 48.8 Å². The van der Waals surface area contributed by atoms with Crippen LogP contribution in [-0.4, -0.2) is 12.4 Å². The van der Waals surface area contributed by atoms with E-state index in [-0.39, 0.29) is 40.7 Å². The summed E-state index contributed by atoms with van der Waals surface area (Å²) in [6.07, 6.45) is 3.35. The second kappa shape index (κ2) is 17.2. The molecule has 0 atom stereocenters. The van der Waals surface area contributed by atoms with Gasteiger partial charge >= 0.3 is 17.1 Å². The molecule has 4 nitrogen and oxygen atoms in total. The van der Waals surface area contributed by atoms with Gasteiger partial charge in [-0.15, -0.1) is 11.5 Å². The largest absolute Gasteiger partial charge is 2.00 e. The van der Waals surface area contributed by atoms with Crippen molar-refractivity contribution in [1.82, 2.24) is 0 Å². The maximum Gasteiger partial charge on any atom is 2.00 e. The number of para-hydroxylation sites is 2. The van der Waals surface area contributed by atoms with Gasteiger partial charge in [-0.25, -0.2) is 0 Å². The van der Waals surface area contributed by atoms with Crippen molar-refractivity contribution in [1.29, 1.82) is 0 Å². The van der Waals surface area contributed by atoms with Gasteiger partial charge in [0.15, 0.2) is 0 Å². The Hall–Kier alpha value is -5.22. The molecule has 0 aromatic heterocycles. The molecule has 0 bridgehead atoms. The Morgan fingerprint density at radius 2 is 0.600 bits per heavy atom. The predicted molar refractivity (Wildman–Crippen MR) is 176 cm³/mol. The Balaban J connectivity index is 0.000000200. The van der Waals surface area contributed by atoms with Gasteiger partial charge in [-0.1, -0.05) is 170 Å². The number of aliphatic imine (C=N–C) groups is 2. The van der Waals surface area contributed by atoms with Crippen LogP contribution in [0.2, 0.25) is 0 Å². The minimum atomic E-state index is -0.109. The molecule has 0 heterocycles. The summed E-state index contributed by atoms with van der Waals surface area (Å²) in [5.41, 5.74) is 5.64. The van der Waals surface area contributed by atoms with Crippen molar-refractivity contribution in [3.05, 3.63) is 203 Å². The maximum atomic E-state index is 11.8. The van der Waals surface area contributed by atoms with E-state index >= 15 is 0 Å². The average molecular weight is 636 g/mol. The molecule has 0 unspecified atom stereocenters. The first-order chi connectivity index (χ1) is 21.7. The first-order valence-corrected chi connectivity index (χ1v) is 14.5. The van der Waals surface area contributed by atoms with Gasteiger partial charge < -0.3 is 10.2 Å². The summed E-state index contributed by atoms with van der Waals surface area (Å²) in [6, 6.07) is 54.1. The number of hydrogen-bond acceptors (Lipinski definition) is 4. The molecular formula is C40H32CuN2O2. The molecule has 0 aliphatic heterocycles. The molecule has 45 heavy (non-hydrogen) atoms. The number of nitrogens with zero attached hydrogens (tertiary/aromatic N) is 2. The van der Waals surface area contributed by atoms with Crippen LogP contribution in [0.1, 0.15) is 45.5 Å². The van der Waals surface area contributed by atoms with Crippen LogP contribution in [0.5, 0.6) is 11.5 Å². The molecule has 0 saturated carbocycles. The van der Waals surface area contributed by atoms with E-state index < -0.39 is 0 Å². The monoisotopic (exact) mass is 635 g/mol. The summed E-state index contributed by atoms with van der Waals surface area (Å²) in [5, 5.41) is 23.6. The molecule has 6 aromatic rings. The topological polar surface area (TPSA) is 70.8 Å². The Bertz CT molecular complexity index is 1560. The molecule has 0 saturated heterocycles. The van der Waals surface area contributed by atoms with Crippen LogP contribution >= 0.6 is 0 Å². The Kier molecular flexibility index (Phi) is 12.5. The van der Waals surface area contributed by atoms with Crippen molar-refractivity contribution >= 4 is 12.4 Å². The zero-order valence-corrected chi connectivity index (χ0v) is 25.4. The molecule has 0 aliphatic carbocycles. The number of rotatable bonds is 8. The summed E-state index contributed by atoms with van der Waals surface area (Å²) in [4.78, 5) is 9.34. The molecule has 0 aliphatic rings.